The van der Waals surface area contributed by atoms with Crippen LogP contribution in [-0.4, -0.2) is 11.6 Å². The molecule has 0 saturated heterocycles. The minimum absolute atomic E-state index is 0.0282. The standard InChI is InChI=1S/C15H18O2/c1-3-4-9-15(2)12-8-6-5-7-11(12)13(16)10-14(15)17/h5-8H,3-4,9-10H2,1-2H3. The third-order valence-corrected chi connectivity index (χ3v) is 3.79. The van der Waals surface area contributed by atoms with Crippen LogP contribution in [-0.2, 0) is 10.2 Å². The Hall–Kier alpha value is -1.44. The van der Waals surface area contributed by atoms with E-state index in [0.717, 1.165) is 30.4 Å². The molecule has 1 aliphatic carbocycles. The lowest BCUT2D eigenvalue weighted by Crippen LogP contribution is -2.39. The highest BCUT2D eigenvalue weighted by molar-refractivity contribution is 6.15. The maximum Gasteiger partial charge on any atom is 0.170 e. The van der Waals surface area contributed by atoms with Crippen LogP contribution in [0.2, 0.25) is 0 Å². The molecule has 1 aromatic carbocycles. The van der Waals surface area contributed by atoms with E-state index >= 15 is 0 Å². The van der Waals surface area contributed by atoms with Crippen molar-refractivity contribution in [2.45, 2.75) is 44.9 Å². The van der Waals surface area contributed by atoms with Gasteiger partial charge in [-0.1, -0.05) is 44.0 Å². The van der Waals surface area contributed by atoms with Gasteiger partial charge >= 0.3 is 0 Å². The van der Waals surface area contributed by atoms with Crippen molar-refractivity contribution in [3.8, 4) is 0 Å². The lowest BCUT2D eigenvalue weighted by atomic mass is 9.67. The molecule has 1 atom stereocenters. The van der Waals surface area contributed by atoms with E-state index in [0.29, 0.717) is 0 Å². The van der Waals surface area contributed by atoms with Gasteiger partial charge in [-0.3, -0.25) is 9.59 Å². The van der Waals surface area contributed by atoms with Gasteiger partial charge in [0, 0.05) is 5.56 Å². The number of Topliss-reactive ketones (excluding diaryl/α,β-unsaturated/α-hetero) is 2. The van der Waals surface area contributed by atoms with Gasteiger partial charge in [-0.25, -0.2) is 0 Å². The Morgan fingerprint density at radius 1 is 1.24 bits per heavy atom. The van der Waals surface area contributed by atoms with E-state index in [2.05, 4.69) is 6.92 Å². The molecule has 0 saturated carbocycles. The van der Waals surface area contributed by atoms with Gasteiger partial charge in [0.1, 0.15) is 0 Å². The Balaban J connectivity index is 2.49. The summed E-state index contributed by atoms with van der Waals surface area (Å²) in [5, 5.41) is 0. The van der Waals surface area contributed by atoms with Gasteiger partial charge in [0.2, 0.25) is 0 Å². The van der Waals surface area contributed by atoms with Gasteiger partial charge in [-0.05, 0) is 18.9 Å². The zero-order valence-corrected chi connectivity index (χ0v) is 10.5. The van der Waals surface area contributed by atoms with Crippen molar-refractivity contribution in [2.24, 2.45) is 0 Å². The molecule has 2 heteroatoms. The number of carbonyl (C=O) groups is 2. The summed E-state index contributed by atoms with van der Waals surface area (Å²) in [7, 11) is 0. The number of rotatable bonds is 3. The largest absolute Gasteiger partial charge is 0.298 e. The number of ketones is 2. The van der Waals surface area contributed by atoms with Crippen molar-refractivity contribution < 1.29 is 9.59 Å². The van der Waals surface area contributed by atoms with E-state index in [-0.39, 0.29) is 18.0 Å². The van der Waals surface area contributed by atoms with Gasteiger partial charge in [-0.15, -0.1) is 0 Å². The molecule has 0 spiro atoms. The minimum Gasteiger partial charge on any atom is -0.298 e. The van der Waals surface area contributed by atoms with E-state index in [1.807, 2.05) is 31.2 Å². The molecule has 0 N–H and O–H groups in total. The van der Waals surface area contributed by atoms with Crippen LogP contribution < -0.4 is 0 Å². The molecular weight excluding hydrogens is 212 g/mol. The van der Waals surface area contributed by atoms with Crippen molar-refractivity contribution in [2.75, 3.05) is 0 Å². The molecule has 2 rings (SSSR count). The fourth-order valence-corrected chi connectivity index (χ4v) is 2.60. The number of carbonyl (C=O) groups excluding carboxylic acids is 2. The third-order valence-electron chi connectivity index (χ3n) is 3.79. The molecule has 0 radical (unpaired) electrons. The van der Waals surface area contributed by atoms with E-state index in [1.165, 1.54) is 0 Å². The Bertz CT molecular complexity index is 462. The molecule has 1 unspecified atom stereocenters. The first kappa shape index (κ1) is 12.0. The maximum atomic E-state index is 12.2. The van der Waals surface area contributed by atoms with Crippen molar-refractivity contribution in [1.82, 2.24) is 0 Å². The molecule has 0 fully saturated rings. The highest BCUT2D eigenvalue weighted by atomic mass is 16.2. The predicted octanol–water partition coefficient (Wildman–Crippen LogP) is 3.29. The predicted molar refractivity (Wildman–Crippen MR) is 67.3 cm³/mol. The van der Waals surface area contributed by atoms with Gasteiger partial charge in [0.15, 0.2) is 11.6 Å². The summed E-state index contributed by atoms with van der Waals surface area (Å²) < 4.78 is 0. The summed E-state index contributed by atoms with van der Waals surface area (Å²) in [4.78, 5) is 24.0. The molecule has 17 heavy (non-hydrogen) atoms. The number of benzene rings is 1. The molecular formula is C15H18O2. The average Bonchev–Trinajstić information content (AvgIpc) is 2.34. The molecule has 1 aromatic rings. The number of hydrogen-bond acceptors (Lipinski definition) is 2. The lowest BCUT2D eigenvalue weighted by molar-refractivity contribution is -0.123. The van der Waals surface area contributed by atoms with Crippen molar-refractivity contribution in [3.63, 3.8) is 0 Å². The quantitative estimate of drug-likeness (QED) is 0.747. The maximum absolute atomic E-state index is 12.2. The summed E-state index contributed by atoms with van der Waals surface area (Å²) in [6.45, 7) is 4.10. The highest BCUT2D eigenvalue weighted by Gasteiger charge is 2.41. The van der Waals surface area contributed by atoms with Crippen molar-refractivity contribution >= 4 is 11.6 Å². The van der Waals surface area contributed by atoms with Crippen LogP contribution in [0.4, 0.5) is 0 Å². The van der Waals surface area contributed by atoms with Crippen LogP contribution in [0.5, 0.6) is 0 Å². The van der Waals surface area contributed by atoms with Crippen LogP contribution in [0, 0.1) is 0 Å². The molecule has 0 heterocycles. The van der Waals surface area contributed by atoms with Gasteiger partial charge < -0.3 is 0 Å². The first-order valence-electron chi connectivity index (χ1n) is 6.25. The summed E-state index contributed by atoms with van der Waals surface area (Å²) in [5.41, 5.74) is 1.21. The van der Waals surface area contributed by atoms with E-state index in [9.17, 15) is 9.59 Å². The van der Waals surface area contributed by atoms with Gasteiger partial charge in [0.05, 0.1) is 11.8 Å². The van der Waals surface area contributed by atoms with E-state index < -0.39 is 5.41 Å². The minimum atomic E-state index is -0.458. The van der Waals surface area contributed by atoms with Crippen molar-refractivity contribution in [3.05, 3.63) is 35.4 Å². The number of fused-ring (bicyclic) bond motifs is 1. The first-order chi connectivity index (χ1) is 8.09. The molecule has 1 aliphatic rings. The lowest BCUT2D eigenvalue weighted by Gasteiger charge is -2.33. The molecule has 90 valence electrons. The summed E-state index contributed by atoms with van der Waals surface area (Å²) in [5.74, 6) is 0.0502. The van der Waals surface area contributed by atoms with Crippen LogP contribution in [0.15, 0.2) is 24.3 Å². The zero-order valence-electron chi connectivity index (χ0n) is 10.5. The Morgan fingerprint density at radius 3 is 2.65 bits per heavy atom. The Kier molecular flexibility index (Phi) is 3.14. The monoisotopic (exact) mass is 230 g/mol. The molecule has 0 amide bonds. The first-order valence-corrected chi connectivity index (χ1v) is 6.25. The topological polar surface area (TPSA) is 34.1 Å². The second-order valence-corrected chi connectivity index (χ2v) is 5.00. The number of unbranched alkanes of at least 4 members (excludes halogenated alkanes) is 1. The Morgan fingerprint density at radius 2 is 1.94 bits per heavy atom. The molecule has 2 nitrogen and oxygen atoms in total. The van der Waals surface area contributed by atoms with Gasteiger partial charge in [0.25, 0.3) is 0 Å². The van der Waals surface area contributed by atoms with Crippen LogP contribution in [0.25, 0.3) is 0 Å². The van der Waals surface area contributed by atoms with E-state index in [4.69, 9.17) is 0 Å². The highest BCUT2D eigenvalue weighted by Crippen LogP contribution is 2.38. The fourth-order valence-electron chi connectivity index (χ4n) is 2.60. The fraction of sp³-hybridized carbons (Fsp3) is 0.467. The summed E-state index contributed by atoms with van der Waals surface area (Å²) in [6.07, 6.45) is 2.99. The molecule has 0 aromatic heterocycles. The van der Waals surface area contributed by atoms with E-state index in [1.54, 1.807) is 0 Å². The Labute approximate surface area is 102 Å². The normalized spacial score (nSPS) is 23.6. The van der Waals surface area contributed by atoms with Crippen LogP contribution in [0.3, 0.4) is 0 Å². The second kappa shape index (κ2) is 4.44. The summed E-state index contributed by atoms with van der Waals surface area (Å²) in [6, 6.07) is 7.55. The zero-order chi connectivity index (χ0) is 12.5. The average molecular weight is 230 g/mol. The van der Waals surface area contributed by atoms with Gasteiger partial charge in [-0.2, -0.15) is 0 Å². The summed E-state index contributed by atoms with van der Waals surface area (Å²) >= 11 is 0. The SMILES string of the molecule is CCCCC1(C)C(=O)CC(=O)c2ccccc21. The van der Waals surface area contributed by atoms with Crippen LogP contribution >= 0.6 is 0 Å². The second-order valence-electron chi connectivity index (χ2n) is 5.00. The van der Waals surface area contributed by atoms with Crippen LogP contribution in [0.1, 0.15) is 55.5 Å². The smallest absolute Gasteiger partial charge is 0.170 e. The number of hydrogen-bond donors (Lipinski definition) is 0. The molecule has 0 bridgehead atoms. The third kappa shape index (κ3) is 1.92. The van der Waals surface area contributed by atoms with Crippen molar-refractivity contribution in [1.29, 1.82) is 0 Å². The molecule has 0 aliphatic heterocycles.